The molecule has 0 bridgehead atoms. The van der Waals surface area contributed by atoms with Gasteiger partial charge < -0.3 is 9.88 Å². The van der Waals surface area contributed by atoms with Crippen LogP contribution in [0.25, 0.3) is 0 Å². The summed E-state index contributed by atoms with van der Waals surface area (Å²) in [5, 5.41) is 11.1. The largest absolute Gasteiger partial charge is 0.362 e. The van der Waals surface area contributed by atoms with Gasteiger partial charge in [0, 0.05) is 12.7 Å². The minimum Gasteiger partial charge on any atom is -0.362 e. The molecule has 5 nitrogen and oxygen atoms in total. The normalized spacial score (nSPS) is 10.4. The van der Waals surface area contributed by atoms with Crippen LogP contribution in [0.4, 0.5) is 5.82 Å². The van der Waals surface area contributed by atoms with Crippen LogP contribution < -0.4 is 5.32 Å². The van der Waals surface area contributed by atoms with Gasteiger partial charge in [0.15, 0.2) is 5.82 Å². The summed E-state index contributed by atoms with van der Waals surface area (Å²) in [4.78, 5) is 4.22. The summed E-state index contributed by atoms with van der Waals surface area (Å²) in [6.07, 6.45) is 3.47. The van der Waals surface area contributed by atoms with Crippen LogP contribution >= 0.6 is 15.9 Å². The van der Waals surface area contributed by atoms with Gasteiger partial charge in [0.2, 0.25) is 0 Å². The number of aromatic nitrogens is 4. The molecule has 0 aliphatic rings. The molecular weight excluding hydrogens is 270 g/mol. The predicted molar refractivity (Wildman–Crippen MR) is 65.0 cm³/mol. The smallest absolute Gasteiger partial charge is 0.152 e. The minimum absolute atomic E-state index is 0.615. The lowest BCUT2D eigenvalue weighted by atomic mass is 10.4. The van der Waals surface area contributed by atoms with E-state index in [2.05, 4.69) is 43.4 Å². The molecule has 0 aromatic carbocycles. The predicted octanol–water partition coefficient (Wildman–Crippen LogP) is 2.07. The Hall–Kier alpha value is -1.43. The van der Waals surface area contributed by atoms with Gasteiger partial charge in [0.05, 0.1) is 11.0 Å². The Morgan fingerprint density at radius 1 is 1.50 bits per heavy atom. The molecule has 16 heavy (non-hydrogen) atoms. The third-order valence-corrected chi connectivity index (χ3v) is 2.85. The van der Waals surface area contributed by atoms with Gasteiger partial charge in [-0.25, -0.2) is 4.98 Å². The van der Waals surface area contributed by atoms with E-state index in [1.54, 1.807) is 12.5 Å². The first-order valence-corrected chi connectivity index (χ1v) is 5.81. The Morgan fingerprint density at radius 3 is 3.12 bits per heavy atom. The molecule has 0 saturated heterocycles. The monoisotopic (exact) mass is 281 g/mol. The molecule has 1 N–H and O–H groups in total. The average molecular weight is 282 g/mol. The molecule has 0 saturated carbocycles. The highest BCUT2D eigenvalue weighted by Crippen LogP contribution is 2.18. The lowest BCUT2D eigenvalue weighted by Gasteiger charge is -2.07. The minimum atomic E-state index is 0.615. The molecule has 0 aliphatic heterocycles. The van der Waals surface area contributed by atoms with Crippen LogP contribution in [0, 0.1) is 0 Å². The van der Waals surface area contributed by atoms with Crippen LogP contribution in [-0.2, 0) is 13.1 Å². The number of pyridine rings is 1. The van der Waals surface area contributed by atoms with Crippen LogP contribution in [0.5, 0.6) is 0 Å². The quantitative estimate of drug-likeness (QED) is 0.932. The van der Waals surface area contributed by atoms with Crippen molar-refractivity contribution in [3.8, 4) is 0 Å². The molecule has 2 rings (SSSR count). The summed E-state index contributed by atoms with van der Waals surface area (Å²) in [5.74, 6) is 1.72. The maximum Gasteiger partial charge on any atom is 0.152 e. The van der Waals surface area contributed by atoms with Crippen molar-refractivity contribution in [1.82, 2.24) is 19.7 Å². The molecule has 6 heteroatoms. The summed E-state index contributed by atoms with van der Waals surface area (Å²) in [6, 6.07) is 3.82. The summed E-state index contributed by atoms with van der Waals surface area (Å²) in [7, 11) is 0. The fourth-order valence-corrected chi connectivity index (χ4v) is 1.75. The van der Waals surface area contributed by atoms with Crippen LogP contribution in [0.3, 0.4) is 0 Å². The molecule has 2 heterocycles. The van der Waals surface area contributed by atoms with Gasteiger partial charge >= 0.3 is 0 Å². The Kier molecular flexibility index (Phi) is 3.51. The second kappa shape index (κ2) is 5.07. The molecule has 0 spiro atoms. The second-order valence-corrected chi connectivity index (χ2v) is 4.07. The summed E-state index contributed by atoms with van der Waals surface area (Å²) >= 11 is 3.43. The Morgan fingerprint density at radius 2 is 2.38 bits per heavy atom. The molecule has 0 radical (unpaired) electrons. The van der Waals surface area contributed by atoms with Crippen molar-refractivity contribution in [2.45, 2.75) is 20.0 Å². The van der Waals surface area contributed by atoms with E-state index >= 15 is 0 Å². The first-order valence-electron chi connectivity index (χ1n) is 5.02. The zero-order valence-electron chi connectivity index (χ0n) is 8.89. The Labute approximate surface area is 102 Å². The van der Waals surface area contributed by atoms with Crippen LogP contribution in [-0.4, -0.2) is 19.7 Å². The van der Waals surface area contributed by atoms with Crippen molar-refractivity contribution in [3.05, 3.63) is 35.0 Å². The molecule has 0 atom stereocenters. The zero-order chi connectivity index (χ0) is 11.4. The SMILES string of the molecule is CCn1cnnc1CNc1ncccc1Br. The van der Waals surface area contributed by atoms with Crippen molar-refractivity contribution in [3.63, 3.8) is 0 Å². The van der Waals surface area contributed by atoms with Gasteiger partial charge in [-0.15, -0.1) is 10.2 Å². The van der Waals surface area contributed by atoms with E-state index in [9.17, 15) is 0 Å². The number of anilines is 1. The Balaban J connectivity index is 2.05. The van der Waals surface area contributed by atoms with Gasteiger partial charge in [-0.1, -0.05) is 0 Å². The average Bonchev–Trinajstić information content (AvgIpc) is 2.75. The lowest BCUT2D eigenvalue weighted by molar-refractivity contribution is 0.707. The van der Waals surface area contributed by atoms with Gasteiger partial charge in [0.25, 0.3) is 0 Å². The fraction of sp³-hybridized carbons (Fsp3) is 0.300. The topological polar surface area (TPSA) is 55.6 Å². The van der Waals surface area contributed by atoms with Crippen molar-refractivity contribution >= 4 is 21.7 Å². The first kappa shape index (κ1) is 11.1. The third kappa shape index (κ3) is 2.38. The van der Waals surface area contributed by atoms with Gasteiger partial charge in [-0.3, -0.25) is 0 Å². The van der Waals surface area contributed by atoms with Crippen molar-refractivity contribution < 1.29 is 0 Å². The number of nitrogens with zero attached hydrogens (tertiary/aromatic N) is 4. The molecule has 0 aliphatic carbocycles. The van der Waals surface area contributed by atoms with E-state index in [0.717, 1.165) is 22.7 Å². The number of hydrogen-bond acceptors (Lipinski definition) is 4. The van der Waals surface area contributed by atoms with E-state index in [4.69, 9.17) is 0 Å². The van der Waals surface area contributed by atoms with Gasteiger partial charge in [0.1, 0.15) is 12.1 Å². The maximum atomic E-state index is 4.22. The van der Waals surface area contributed by atoms with E-state index in [1.807, 2.05) is 16.7 Å². The van der Waals surface area contributed by atoms with Crippen LogP contribution in [0.2, 0.25) is 0 Å². The third-order valence-electron chi connectivity index (χ3n) is 2.21. The van der Waals surface area contributed by atoms with E-state index in [-0.39, 0.29) is 0 Å². The second-order valence-electron chi connectivity index (χ2n) is 3.22. The highest BCUT2D eigenvalue weighted by Gasteiger charge is 2.04. The number of aryl methyl sites for hydroxylation is 1. The van der Waals surface area contributed by atoms with E-state index in [1.165, 1.54) is 0 Å². The number of nitrogens with one attached hydrogen (secondary N) is 1. The maximum absolute atomic E-state index is 4.22. The summed E-state index contributed by atoms with van der Waals surface area (Å²) in [6.45, 7) is 3.54. The van der Waals surface area contributed by atoms with Crippen LogP contribution in [0.15, 0.2) is 29.1 Å². The highest BCUT2D eigenvalue weighted by molar-refractivity contribution is 9.10. The standard InChI is InChI=1S/C10H12BrN5/c1-2-16-7-14-15-9(16)6-13-10-8(11)4-3-5-12-10/h3-5,7H,2,6H2,1H3,(H,12,13). The van der Waals surface area contributed by atoms with Crippen LogP contribution in [0.1, 0.15) is 12.7 Å². The highest BCUT2D eigenvalue weighted by atomic mass is 79.9. The van der Waals surface area contributed by atoms with Gasteiger partial charge in [-0.05, 0) is 35.0 Å². The first-order chi connectivity index (χ1) is 7.81. The number of rotatable bonds is 4. The molecular formula is C10H12BrN5. The molecule has 2 aromatic rings. The van der Waals surface area contributed by atoms with Crippen molar-refractivity contribution in [2.75, 3.05) is 5.32 Å². The molecule has 2 aromatic heterocycles. The lowest BCUT2D eigenvalue weighted by Crippen LogP contribution is -2.08. The fourth-order valence-electron chi connectivity index (χ4n) is 1.36. The van der Waals surface area contributed by atoms with Gasteiger partial charge in [-0.2, -0.15) is 0 Å². The molecule has 84 valence electrons. The van der Waals surface area contributed by atoms with E-state index < -0.39 is 0 Å². The summed E-state index contributed by atoms with van der Waals surface area (Å²) < 4.78 is 2.93. The van der Waals surface area contributed by atoms with Crippen molar-refractivity contribution in [1.29, 1.82) is 0 Å². The van der Waals surface area contributed by atoms with Crippen molar-refractivity contribution in [2.24, 2.45) is 0 Å². The number of halogens is 1. The number of hydrogen-bond donors (Lipinski definition) is 1. The molecule has 0 unspecified atom stereocenters. The Bertz CT molecular complexity index is 468. The van der Waals surface area contributed by atoms with E-state index in [0.29, 0.717) is 6.54 Å². The zero-order valence-corrected chi connectivity index (χ0v) is 10.5. The summed E-state index contributed by atoms with van der Waals surface area (Å²) in [5.41, 5.74) is 0. The molecule has 0 fully saturated rings. The molecule has 0 amide bonds.